The smallest absolute Gasteiger partial charge is 0.203 e. The van der Waals surface area contributed by atoms with E-state index in [0.717, 1.165) is 22.4 Å². The summed E-state index contributed by atoms with van der Waals surface area (Å²) in [6.07, 6.45) is 3.82. The van der Waals surface area contributed by atoms with Crippen LogP contribution < -0.4 is 11.5 Å². The van der Waals surface area contributed by atoms with Crippen molar-refractivity contribution in [2.24, 2.45) is 10.7 Å². The number of hydrogen-bond donors (Lipinski definition) is 3. The van der Waals surface area contributed by atoms with E-state index in [1.54, 1.807) is 12.3 Å². The maximum absolute atomic E-state index is 5.81. The molecule has 0 amide bonds. The van der Waals surface area contributed by atoms with E-state index in [1.165, 1.54) is 6.20 Å². The molecule has 3 aromatic rings. The minimum Gasteiger partial charge on any atom is -0.404 e. The number of nitrogens with two attached hydrogens (primary N) is 2. The zero-order valence-corrected chi connectivity index (χ0v) is 12.7. The van der Waals surface area contributed by atoms with Crippen LogP contribution in [0.25, 0.3) is 11.2 Å². The van der Waals surface area contributed by atoms with E-state index < -0.39 is 0 Å². The molecule has 0 aliphatic carbocycles. The van der Waals surface area contributed by atoms with Crippen LogP contribution in [-0.2, 0) is 6.42 Å². The Balaban J connectivity index is 1.86. The second kappa shape index (κ2) is 6.27. The van der Waals surface area contributed by atoms with Crippen LogP contribution in [0.3, 0.4) is 0 Å². The van der Waals surface area contributed by atoms with Crippen LogP contribution >= 0.6 is 0 Å². The second-order valence-electron chi connectivity index (χ2n) is 5.22. The molecule has 5 N–H and O–H groups in total. The molecule has 7 heteroatoms. The zero-order chi connectivity index (χ0) is 16.2. The fraction of sp³-hybridized carbons (Fsp3) is 0.125. The Kier molecular flexibility index (Phi) is 4.01. The highest BCUT2D eigenvalue weighted by Gasteiger charge is 2.09. The quantitative estimate of drug-likeness (QED) is 0.637. The first-order valence-electron chi connectivity index (χ1n) is 7.13. The maximum Gasteiger partial charge on any atom is 0.203 e. The van der Waals surface area contributed by atoms with Gasteiger partial charge in [0.15, 0.2) is 0 Å². The van der Waals surface area contributed by atoms with E-state index >= 15 is 0 Å². The minimum absolute atomic E-state index is 0.397. The molecule has 2 heterocycles. The van der Waals surface area contributed by atoms with Gasteiger partial charge in [-0.2, -0.15) is 10.3 Å². The molecule has 3 rings (SSSR count). The van der Waals surface area contributed by atoms with E-state index in [0.29, 0.717) is 23.4 Å². The topological polar surface area (TPSA) is 119 Å². The molecule has 0 radical (unpaired) electrons. The number of nitrogens with zero attached hydrogens (tertiary/aromatic N) is 4. The van der Waals surface area contributed by atoms with Gasteiger partial charge < -0.3 is 11.5 Å². The van der Waals surface area contributed by atoms with Crippen molar-refractivity contribution in [1.82, 2.24) is 20.4 Å². The van der Waals surface area contributed by atoms with Gasteiger partial charge in [-0.3, -0.25) is 4.99 Å². The highest BCUT2D eigenvalue weighted by atomic mass is 15.3. The molecule has 0 fully saturated rings. The molecule has 1 aromatic carbocycles. The zero-order valence-electron chi connectivity index (χ0n) is 12.7. The number of aromatic nitrogens is 4. The van der Waals surface area contributed by atoms with Crippen molar-refractivity contribution in [3.05, 3.63) is 53.2 Å². The van der Waals surface area contributed by atoms with Crippen molar-refractivity contribution < 1.29 is 0 Å². The number of nitrogens with one attached hydrogen (secondary N) is 1. The minimum atomic E-state index is 0.397. The highest BCUT2D eigenvalue weighted by molar-refractivity contribution is 5.84. The van der Waals surface area contributed by atoms with Gasteiger partial charge >= 0.3 is 0 Å². The van der Waals surface area contributed by atoms with Gasteiger partial charge in [-0.15, -0.1) is 5.10 Å². The Morgan fingerprint density at radius 3 is 2.96 bits per heavy atom. The van der Waals surface area contributed by atoms with Gasteiger partial charge in [-0.1, -0.05) is 12.1 Å². The van der Waals surface area contributed by atoms with Crippen LogP contribution in [0.4, 0.5) is 11.5 Å². The largest absolute Gasteiger partial charge is 0.404 e. The van der Waals surface area contributed by atoms with Crippen molar-refractivity contribution in [2.75, 3.05) is 5.73 Å². The number of aliphatic imine (C=N–C) groups is 1. The third-order valence-corrected chi connectivity index (χ3v) is 3.38. The van der Waals surface area contributed by atoms with Crippen LogP contribution in [0.15, 0.2) is 47.1 Å². The Hall–Kier alpha value is -3.22. The van der Waals surface area contributed by atoms with Gasteiger partial charge in [0.1, 0.15) is 11.3 Å². The molecule has 2 aromatic heterocycles. The fourth-order valence-corrected chi connectivity index (χ4v) is 2.29. The summed E-state index contributed by atoms with van der Waals surface area (Å²) in [5.74, 6) is 0.397. The number of H-pyrrole nitrogens is 1. The van der Waals surface area contributed by atoms with Crippen molar-refractivity contribution in [3.63, 3.8) is 0 Å². The van der Waals surface area contributed by atoms with Crippen molar-refractivity contribution >= 4 is 28.9 Å². The number of allylic oxidation sites excluding steroid dienone is 1. The summed E-state index contributed by atoms with van der Waals surface area (Å²) in [7, 11) is 0. The highest BCUT2D eigenvalue weighted by Crippen LogP contribution is 2.19. The van der Waals surface area contributed by atoms with Crippen LogP contribution in [-0.4, -0.2) is 26.6 Å². The number of anilines is 1. The molecule has 0 aliphatic heterocycles. The summed E-state index contributed by atoms with van der Waals surface area (Å²) in [6, 6.07) is 9.72. The lowest BCUT2D eigenvalue weighted by atomic mass is 10.1. The third kappa shape index (κ3) is 3.34. The van der Waals surface area contributed by atoms with Gasteiger partial charge in [0, 0.05) is 12.6 Å². The first-order chi connectivity index (χ1) is 11.2. The number of rotatable bonds is 4. The average molecular weight is 307 g/mol. The summed E-state index contributed by atoms with van der Waals surface area (Å²) in [6.45, 7) is 2.03. The summed E-state index contributed by atoms with van der Waals surface area (Å²) in [5, 5.41) is 10.6. The van der Waals surface area contributed by atoms with Gasteiger partial charge in [0.2, 0.25) is 5.65 Å². The van der Waals surface area contributed by atoms with E-state index in [2.05, 4.69) is 25.4 Å². The van der Waals surface area contributed by atoms with Gasteiger partial charge in [0.25, 0.3) is 0 Å². The molecule has 0 saturated carbocycles. The van der Waals surface area contributed by atoms with Gasteiger partial charge in [0.05, 0.1) is 5.69 Å². The van der Waals surface area contributed by atoms with Crippen LogP contribution in [0, 0.1) is 6.92 Å². The normalized spacial score (nSPS) is 12.3. The van der Waals surface area contributed by atoms with E-state index in [4.69, 9.17) is 11.5 Å². The average Bonchev–Trinajstić information content (AvgIpc) is 2.99. The summed E-state index contributed by atoms with van der Waals surface area (Å²) < 4.78 is 0. The molecule has 0 spiro atoms. The molecular formula is C16H17N7. The van der Waals surface area contributed by atoms with Crippen molar-refractivity contribution in [3.8, 4) is 0 Å². The molecule has 0 unspecified atom stereocenters. The predicted octanol–water partition coefficient (Wildman–Crippen LogP) is 2.03. The number of nitrogen functional groups attached to an aromatic ring is 1. The first kappa shape index (κ1) is 14.7. The lowest BCUT2D eigenvalue weighted by Crippen LogP contribution is -2.00. The molecule has 23 heavy (non-hydrogen) atoms. The van der Waals surface area contributed by atoms with Gasteiger partial charge in [-0.25, -0.2) is 4.98 Å². The standard InChI is InChI=1S/C16H17N7/c1-10-3-2-4-13(5-10)19-9-11(8-17)6-12-7-14(18)20-16-15(12)21-23-22-16/h2-5,7-9H,6,17H2,1H3,(H3,18,20,21,22,23). The van der Waals surface area contributed by atoms with Gasteiger partial charge in [-0.05, 0) is 48.0 Å². The SMILES string of the molecule is Cc1cccc(N=CC(=CN)Cc2cc(N)nc3n[nH]nc23)c1. The summed E-state index contributed by atoms with van der Waals surface area (Å²) in [4.78, 5) is 8.58. The lowest BCUT2D eigenvalue weighted by molar-refractivity contribution is 0.953. The Morgan fingerprint density at radius 1 is 1.30 bits per heavy atom. The fourth-order valence-electron chi connectivity index (χ4n) is 2.29. The summed E-state index contributed by atoms with van der Waals surface area (Å²) >= 11 is 0. The predicted molar refractivity (Wildman–Crippen MR) is 91.4 cm³/mol. The lowest BCUT2D eigenvalue weighted by Gasteiger charge is -2.04. The maximum atomic E-state index is 5.81. The monoisotopic (exact) mass is 307 g/mol. The van der Waals surface area contributed by atoms with Crippen LogP contribution in [0.1, 0.15) is 11.1 Å². The van der Waals surface area contributed by atoms with Crippen molar-refractivity contribution in [1.29, 1.82) is 0 Å². The number of benzene rings is 1. The van der Waals surface area contributed by atoms with E-state index in [1.807, 2.05) is 31.2 Å². The number of hydrogen-bond acceptors (Lipinski definition) is 6. The molecule has 0 atom stereocenters. The van der Waals surface area contributed by atoms with Crippen molar-refractivity contribution in [2.45, 2.75) is 13.3 Å². The second-order valence-corrected chi connectivity index (χ2v) is 5.22. The molecule has 116 valence electrons. The number of pyridine rings is 1. The first-order valence-corrected chi connectivity index (χ1v) is 7.13. The molecular weight excluding hydrogens is 290 g/mol. The van der Waals surface area contributed by atoms with Crippen LogP contribution in [0.5, 0.6) is 0 Å². The van der Waals surface area contributed by atoms with E-state index in [-0.39, 0.29) is 0 Å². The molecule has 0 aliphatic rings. The number of fused-ring (bicyclic) bond motifs is 1. The van der Waals surface area contributed by atoms with E-state index in [9.17, 15) is 0 Å². The Labute approximate surface area is 133 Å². The number of aromatic amines is 1. The molecule has 0 saturated heterocycles. The molecule has 0 bridgehead atoms. The summed E-state index contributed by atoms with van der Waals surface area (Å²) in [5.41, 5.74) is 16.5. The van der Waals surface area contributed by atoms with Crippen LogP contribution in [0.2, 0.25) is 0 Å². The third-order valence-electron chi connectivity index (χ3n) is 3.38. The number of aryl methyl sites for hydroxylation is 1. The Bertz CT molecular complexity index is 892. The molecule has 7 nitrogen and oxygen atoms in total. The Morgan fingerprint density at radius 2 is 2.17 bits per heavy atom.